The average molecular weight is 390 g/mol. The molecule has 0 radical (unpaired) electrons. The summed E-state index contributed by atoms with van der Waals surface area (Å²) in [5.41, 5.74) is 0.888. The Balaban J connectivity index is 1.92. The normalized spacial score (nSPS) is 11.8. The standard InChI is InChI=1S/C13H16BrN3O2S2/c1-10-11(14)5-6-12(16-10)15-7-8-17(2)21(18,19)13-4-3-9-20-13/h3-6,9H,7-8H2,1-2H3,(H,15,16). The molecule has 2 heterocycles. The van der Waals surface area contributed by atoms with Crippen molar-refractivity contribution in [2.75, 3.05) is 25.5 Å². The molecule has 0 aliphatic rings. The number of rotatable bonds is 6. The number of pyridine rings is 1. The number of thiophene rings is 1. The minimum atomic E-state index is -3.38. The van der Waals surface area contributed by atoms with Gasteiger partial charge in [0.05, 0.1) is 5.69 Å². The SMILES string of the molecule is Cc1nc(NCCN(C)S(=O)(=O)c2cccs2)ccc1Br. The van der Waals surface area contributed by atoms with E-state index >= 15 is 0 Å². The monoisotopic (exact) mass is 389 g/mol. The average Bonchev–Trinajstić information content (AvgIpc) is 2.97. The highest BCUT2D eigenvalue weighted by Gasteiger charge is 2.21. The molecule has 0 aliphatic carbocycles. The van der Waals surface area contributed by atoms with Crippen LogP contribution < -0.4 is 5.32 Å². The Morgan fingerprint density at radius 3 is 2.76 bits per heavy atom. The van der Waals surface area contributed by atoms with E-state index < -0.39 is 10.0 Å². The third-order valence-corrected chi connectivity index (χ3v) is 6.98. The van der Waals surface area contributed by atoms with Crippen LogP contribution in [-0.2, 0) is 10.0 Å². The van der Waals surface area contributed by atoms with Crippen molar-refractivity contribution in [3.05, 3.63) is 39.8 Å². The molecule has 0 saturated carbocycles. The van der Waals surface area contributed by atoms with Crippen molar-refractivity contribution in [1.82, 2.24) is 9.29 Å². The molecule has 0 aliphatic heterocycles. The summed E-state index contributed by atoms with van der Waals surface area (Å²) >= 11 is 4.62. The lowest BCUT2D eigenvalue weighted by Gasteiger charge is -2.16. The van der Waals surface area contributed by atoms with Gasteiger partial charge in [-0.3, -0.25) is 0 Å². The van der Waals surface area contributed by atoms with Crippen molar-refractivity contribution in [3.63, 3.8) is 0 Å². The van der Waals surface area contributed by atoms with Gasteiger partial charge in [-0.05, 0) is 46.4 Å². The van der Waals surface area contributed by atoms with Crippen molar-refractivity contribution in [1.29, 1.82) is 0 Å². The fourth-order valence-corrected chi connectivity index (χ4v) is 4.26. The minimum absolute atomic E-state index is 0.364. The van der Waals surface area contributed by atoms with E-state index in [0.717, 1.165) is 16.0 Å². The number of nitrogens with one attached hydrogen (secondary N) is 1. The van der Waals surface area contributed by atoms with E-state index in [4.69, 9.17) is 0 Å². The van der Waals surface area contributed by atoms with Crippen LogP contribution in [0.4, 0.5) is 5.82 Å². The third kappa shape index (κ3) is 4.03. The number of halogens is 1. The Kier molecular flexibility index (Phi) is 5.37. The molecule has 8 heteroatoms. The van der Waals surface area contributed by atoms with Crippen LogP contribution >= 0.6 is 27.3 Å². The summed E-state index contributed by atoms with van der Waals surface area (Å²) in [7, 11) is -1.80. The van der Waals surface area contributed by atoms with Crippen LogP contribution in [0.3, 0.4) is 0 Å². The number of hydrogen-bond acceptors (Lipinski definition) is 5. The largest absolute Gasteiger partial charge is 0.369 e. The van der Waals surface area contributed by atoms with Gasteiger partial charge in [-0.2, -0.15) is 4.31 Å². The number of aryl methyl sites for hydroxylation is 1. The van der Waals surface area contributed by atoms with Crippen molar-refractivity contribution in [2.45, 2.75) is 11.1 Å². The highest BCUT2D eigenvalue weighted by atomic mass is 79.9. The minimum Gasteiger partial charge on any atom is -0.369 e. The second-order valence-corrected chi connectivity index (χ2v) is 8.52. The van der Waals surface area contributed by atoms with Gasteiger partial charge in [-0.25, -0.2) is 13.4 Å². The van der Waals surface area contributed by atoms with Gasteiger partial charge in [-0.15, -0.1) is 11.3 Å². The number of anilines is 1. The van der Waals surface area contributed by atoms with Crippen LogP contribution in [0.25, 0.3) is 0 Å². The molecule has 5 nitrogen and oxygen atoms in total. The van der Waals surface area contributed by atoms with Gasteiger partial charge in [0.25, 0.3) is 10.0 Å². The molecule has 2 rings (SSSR count). The second-order valence-electron chi connectivity index (χ2n) is 4.45. The predicted molar refractivity (Wildman–Crippen MR) is 89.3 cm³/mol. The number of nitrogens with zero attached hydrogens (tertiary/aromatic N) is 2. The van der Waals surface area contributed by atoms with Gasteiger partial charge < -0.3 is 5.32 Å². The fraction of sp³-hybridized carbons (Fsp3) is 0.308. The molecule has 21 heavy (non-hydrogen) atoms. The molecule has 114 valence electrons. The Morgan fingerprint density at radius 2 is 2.14 bits per heavy atom. The first kappa shape index (κ1) is 16.4. The molecule has 0 atom stereocenters. The maximum Gasteiger partial charge on any atom is 0.252 e. The van der Waals surface area contributed by atoms with E-state index in [9.17, 15) is 8.42 Å². The lowest BCUT2D eigenvalue weighted by atomic mass is 10.4. The summed E-state index contributed by atoms with van der Waals surface area (Å²) in [6.07, 6.45) is 0. The van der Waals surface area contributed by atoms with Gasteiger partial charge >= 0.3 is 0 Å². The van der Waals surface area contributed by atoms with Crippen molar-refractivity contribution < 1.29 is 8.42 Å². The van der Waals surface area contributed by atoms with Crippen molar-refractivity contribution in [2.24, 2.45) is 0 Å². The molecule has 0 bridgehead atoms. The summed E-state index contributed by atoms with van der Waals surface area (Å²) in [4.78, 5) is 4.36. The zero-order valence-electron chi connectivity index (χ0n) is 11.7. The van der Waals surface area contributed by atoms with E-state index in [1.807, 2.05) is 19.1 Å². The number of sulfonamides is 1. The summed E-state index contributed by atoms with van der Waals surface area (Å²) in [5, 5.41) is 4.88. The molecule has 0 amide bonds. The quantitative estimate of drug-likeness (QED) is 0.824. The molecule has 0 unspecified atom stereocenters. The van der Waals surface area contributed by atoms with Gasteiger partial charge in [0.15, 0.2) is 0 Å². The molecular formula is C13H16BrN3O2S2. The topological polar surface area (TPSA) is 62.3 Å². The van der Waals surface area contributed by atoms with E-state index in [-0.39, 0.29) is 0 Å². The zero-order valence-corrected chi connectivity index (χ0v) is 14.9. The number of hydrogen-bond donors (Lipinski definition) is 1. The molecule has 1 N–H and O–H groups in total. The first-order valence-corrected chi connectivity index (χ1v) is 9.39. The van der Waals surface area contributed by atoms with Crippen LogP contribution in [0, 0.1) is 6.92 Å². The molecule has 0 spiro atoms. The van der Waals surface area contributed by atoms with Gasteiger partial charge in [-0.1, -0.05) is 6.07 Å². The van der Waals surface area contributed by atoms with E-state index in [0.29, 0.717) is 17.3 Å². The van der Waals surface area contributed by atoms with Gasteiger partial charge in [0, 0.05) is 24.6 Å². The molecule has 2 aromatic heterocycles. The Morgan fingerprint density at radius 1 is 1.38 bits per heavy atom. The van der Waals surface area contributed by atoms with Crippen molar-refractivity contribution in [3.8, 4) is 0 Å². The third-order valence-electron chi connectivity index (χ3n) is 2.91. The van der Waals surface area contributed by atoms with E-state index in [2.05, 4.69) is 26.2 Å². The van der Waals surface area contributed by atoms with Gasteiger partial charge in [0.1, 0.15) is 10.0 Å². The highest BCUT2D eigenvalue weighted by molar-refractivity contribution is 9.10. The smallest absolute Gasteiger partial charge is 0.252 e. The first-order valence-electron chi connectivity index (χ1n) is 6.28. The summed E-state index contributed by atoms with van der Waals surface area (Å²) in [6.45, 7) is 2.77. The lowest BCUT2D eigenvalue weighted by molar-refractivity contribution is 0.482. The lowest BCUT2D eigenvalue weighted by Crippen LogP contribution is -2.31. The molecule has 0 fully saturated rings. The zero-order chi connectivity index (χ0) is 15.5. The molecule has 2 aromatic rings. The van der Waals surface area contributed by atoms with Crippen LogP contribution in [0.1, 0.15) is 5.69 Å². The molecule has 0 saturated heterocycles. The Labute approximate surface area is 137 Å². The summed E-state index contributed by atoms with van der Waals surface area (Å²) < 4.78 is 27.1. The number of likely N-dealkylation sites (N-methyl/N-ethyl adjacent to an activating group) is 1. The molecular weight excluding hydrogens is 374 g/mol. The van der Waals surface area contributed by atoms with E-state index in [1.54, 1.807) is 24.6 Å². The first-order chi connectivity index (χ1) is 9.91. The predicted octanol–water partition coefficient (Wildman–Crippen LogP) is 2.95. The maximum atomic E-state index is 12.2. The highest BCUT2D eigenvalue weighted by Crippen LogP contribution is 2.19. The maximum absolute atomic E-state index is 12.2. The Bertz CT molecular complexity index is 702. The fourth-order valence-electron chi connectivity index (χ4n) is 1.67. The number of aromatic nitrogens is 1. The van der Waals surface area contributed by atoms with Crippen molar-refractivity contribution >= 4 is 43.1 Å². The van der Waals surface area contributed by atoms with Crippen LogP contribution in [0.2, 0.25) is 0 Å². The summed E-state index contributed by atoms with van der Waals surface area (Å²) in [5.74, 6) is 0.734. The van der Waals surface area contributed by atoms with Gasteiger partial charge in [0.2, 0.25) is 0 Å². The van der Waals surface area contributed by atoms with E-state index in [1.165, 1.54) is 15.6 Å². The second kappa shape index (κ2) is 6.87. The summed E-state index contributed by atoms with van der Waals surface area (Å²) in [6, 6.07) is 7.11. The van der Waals surface area contributed by atoms with Crippen LogP contribution in [0.5, 0.6) is 0 Å². The molecule has 0 aromatic carbocycles. The Hall–Kier alpha value is -0.960. The van der Waals surface area contributed by atoms with Crippen LogP contribution in [-0.4, -0.2) is 37.8 Å². The van der Waals surface area contributed by atoms with Crippen LogP contribution in [0.15, 0.2) is 38.3 Å².